The van der Waals surface area contributed by atoms with Crippen LogP contribution in [0.3, 0.4) is 0 Å². The van der Waals surface area contributed by atoms with Crippen molar-refractivity contribution in [2.24, 2.45) is 11.7 Å². The van der Waals surface area contributed by atoms with E-state index in [4.69, 9.17) is 5.73 Å². The van der Waals surface area contributed by atoms with Crippen molar-refractivity contribution in [1.29, 1.82) is 0 Å². The molecule has 2 N–H and O–H groups in total. The standard InChI is InChI=1S/C9H17N/c1-8-3-2-4-9(7-8)5-6-10/h5,8H,2-4,6-7,10H2,1H3. The van der Waals surface area contributed by atoms with Gasteiger partial charge >= 0.3 is 0 Å². The maximum Gasteiger partial charge on any atom is 0.0109 e. The third-order valence-electron chi connectivity index (χ3n) is 2.21. The van der Waals surface area contributed by atoms with Gasteiger partial charge in [0.15, 0.2) is 0 Å². The molecule has 0 bridgehead atoms. The summed E-state index contributed by atoms with van der Waals surface area (Å²) in [4.78, 5) is 0. The molecule has 0 heterocycles. The average Bonchev–Trinajstić information content (AvgIpc) is 1.88. The molecule has 0 radical (unpaired) electrons. The van der Waals surface area contributed by atoms with Crippen LogP contribution >= 0.6 is 0 Å². The number of hydrogen-bond donors (Lipinski definition) is 1. The molecule has 1 nitrogen and oxygen atoms in total. The molecule has 10 heavy (non-hydrogen) atoms. The Morgan fingerprint density at radius 1 is 1.70 bits per heavy atom. The van der Waals surface area contributed by atoms with Crippen LogP contribution in [0, 0.1) is 5.92 Å². The number of nitrogens with two attached hydrogens (primary N) is 1. The molecule has 1 saturated carbocycles. The van der Waals surface area contributed by atoms with Gasteiger partial charge in [-0.25, -0.2) is 0 Å². The Labute approximate surface area is 63.3 Å². The molecule has 0 aliphatic heterocycles. The Morgan fingerprint density at radius 3 is 3.10 bits per heavy atom. The first kappa shape index (κ1) is 7.80. The molecule has 0 aromatic carbocycles. The van der Waals surface area contributed by atoms with Crippen LogP contribution in [0.2, 0.25) is 0 Å². The third-order valence-corrected chi connectivity index (χ3v) is 2.21. The van der Waals surface area contributed by atoms with E-state index < -0.39 is 0 Å². The normalized spacial score (nSPS) is 31.0. The van der Waals surface area contributed by atoms with Crippen LogP contribution in [-0.2, 0) is 0 Å². The number of rotatable bonds is 1. The van der Waals surface area contributed by atoms with Crippen LogP contribution in [0.4, 0.5) is 0 Å². The Balaban J connectivity index is 2.39. The summed E-state index contributed by atoms with van der Waals surface area (Å²) in [6.45, 7) is 3.05. The molecule has 1 atom stereocenters. The summed E-state index contributed by atoms with van der Waals surface area (Å²) >= 11 is 0. The molecule has 1 rings (SSSR count). The van der Waals surface area contributed by atoms with Gasteiger partial charge < -0.3 is 5.73 Å². The Hall–Kier alpha value is -0.300. The second kappa shape index (κ2) is 3.77. The fourth-order valence-corrected chi connectivity index (χ4v) is 1.68. The van der Waals surface area contributed by atoms with E-state index in [1.807, 2.05) is 0 Å². The number of allylic oxidation sites excluding steroid dienone is 1. The maximum atomic E-state index is 5.43. The first-order valence-corrected chi connectivity index (χ1v) is 4.21. The van der Waals surface area contributed by atoms with E-state index in [0.29, 0.717) is 0 Å². The summed E-state index contributed by atoms with van der Waals surface area (Å²) in [7, 11) is 0. The van der Waals surface area contributed by atoms with Gasteiger partial charge in [-0.1, -0.05) is 25.0 Å². The van der Waals surface area contributed by atoms with Crippen molar-refractivity contribution in [1.82, 2.24) is 0 Å². The summed E-state index contributed by atoms with van der Waals surface area (Å²) in [5.41, 5.74) is 7.01. The minimum absolute atomic E-state index is 0.724. The second-order valence-electron chi connectivity index (χ2n) is 3.30. The van der Waals surface area contributed by atoms with E-state index >= 15 is 0 Å². The van der Waals surface area contributed by atoms with Crippen molar-refractivity contribution in [3.63, 3.8) is 0 Å². The molecule has 1 aliphatic carbocycles. The summed E-state index contributed by atoms with van der Waals surface area (Å²) in [5.74, 6) is 0.895. The van der Waals surface area contributed by atoms with E-state index in [-0.39, 0.29) is 0 Å². The van der Waals surface area contributed by atoms with Crippen molar-refractivity contribution < 1.29 is 0 Å². The number of hydrogen-bond acceptors (Lipinski definition) is 1. The average molecular weight is 139 g/mol. The molecule has 1 fully saturated rings. The predicted octanol–water partition coefficient (Wildman–Crippen LogP) is 2.08. The van der Waals surface area contributed by atoms with Crippen LogP contribution in [0.25, 0.3) is 0 Å². The van der Waals surface area contributed by atoms with Crippen molar-refractivity contribution in [3.8, 4) is 0 Å². The molecule has 1 heteroatoms. The van der Waals surface area contributed by atoms with Gasteiger partial charge in [0.05, 0.1) is 0 Å². The minimum Gasteiger partial charge on any atom is -0.327 e. The maximum absolute atomic E-state index is 5.43. The lowest BCUT2D eigenvalue weighted by Crippen LogP contribution is -2.06. The van der Waals surface area contributed by atoms with Gasteiger partial charge in [0, 0.05) is 6.54 Å². The van der Waals surface area contributed by atoms with Crippen molar-refractivity contribution in [2.75, 3.05) is 6.54 Å². The summed E-state index contributed by atoms with van der Waals surface area (Å²) < 4.78 is 0. The molecular formula is C9H17N. The van der Waals surface area contributed by atoms with Crippen molar-refractivity contribution in [3.05, 3.63) is 11.6 Å². The van der Waals surface area contributed by atoms with E-state index in [1.54, 1.807) is 5.57 Å². The molecule has 0 aromatic rings. The molecule has 0 spiro atoms. The fraction of sp³-hybridized carbons (Fsp3) is 0.778. The molecular weight excluding hydrogens is 122 g/mol. The van der Waals surface area contributed by atoms with E-state index in [9.17, 15) is 0 Å². The molecule has 1 aliphatic rings. The first-order valence-electron chi connectivity index (χ1n) is 4.21. The zero-order valence-electron chi connectivity index (χ0n) is 6.77. The SMILES string of the molecule is CC1CCCC(=CCN)C1. The Bertz CT molecular complexity index is 127. The largest absolute Gasteiger partial charge is 0.327 e. The van der Waals surface area contributed by atoms with Gasteiger partial charge in [-0.3, -0.25) is 0 Å². The topological polar surface area (TPSA) is 26.0 Å². The lowest BCUT2D eigenvalue weighted by Gasteiger charge is -2.20. The molecule has 58 valence electrons. The zero-order chi connectivity index (χ0) is 7.40. The van der Waals surface area contributed by atoms with E-state index in [1.165, 1.54) is 25.7 Å². The fourth-order valence-electron chi connectivity index (χ4n) is 1.68. The smallest absolute Gasteiger partial charge is 0.0109 e. The summed E-state index contributed by atoms with van der Waals surface area (Å²) in [6.07, 6.45) is 7.54. The van der Waals surface area contributed by atoms with Crippen LogP contribution in [0.5, 0.6) is 0 Å². The van der Waals surface area contributed by atoms with Gasteiger partial charge in [-0.15, -0.1) is 0 Å². The van der Waals surface area contributed by atoms with Crippen LogP contribution < -0.4 is 5.73 Å². The highest BCUT2D eigenvalue weighted by Crippen LogP contribution is 2.27. The molecule has 0 aromatic heterocycles. The Morgan fingerprint density at radius 2 is 2.50 bits per heavy atom. The minimum atomic E-state index is 0.724. The zero-order valence-corrected chi connectivity index (χ0v) is 6.77. The monoisotopic (exact) mass is 139 g/mol. The highest BCUT2D eigenvalue weighted by molar-refractivity contribution is 5.05. The summed E-state index contributed by atoms with van der Waals surface area (Å²) in [6, 6.07) is 0. The van der Waals surface area contributed by atoms with Gasteiger partial charge in [0.1, 0.15) is 0 Å². The highest BCUT2D eigenvalue weighted by atomic mass is 14.5. The van der Waals surface area contributed by atoms with Gasteiger partial charge in [0.2, 0.25) is 0 Å². The van der Waals surface area contributed by atoms with Crippen LogP contribution in [0.1, 0.15) is 32.6 Å². The quantitative estimate of drug-likeness (QED) is 0.553. The van der Waals surface area contributed by atoms with Crippen LogP contribution in [-0.4, -0.2) is 6.54 Å². The van der Waals surface area contributed by atoms with Gasteiger partial charge in [-0.05, 0) is 25.2 Å². The predicted molar refractivity (Wildman–Crippen MR) is 44.8 cm³/mol. The highest BCUT2D eigenvalue weighted by Gasteiger charge is 2.11. The van der Waals surface area contributed by atoms with E-state index in [2.05, 4.69) is 13.0 Å². The third kappa shape index (κ3) is 2.14. The molecule has 0 saturated heterocycles. The molecule has 0 amide bonds. The van der Waals surface area contributed by atoms with E-state index in [0.717, 1.165) is 12.5 Å². The second-order valence-corrected chi connectivity index (χ2v) is 3.30. The molecule has 1 unspecified atom stereocenters. The van der Waals surface area contributed by atoms with Crippen LogP contribution in [0.15, 0.2) is 11.6 Å². The van der Waals surface area contributed by atoms with Crippen molar-refractivity contribution >= 4 is 0 Å². The van der Waals surface area contributed by atoms with Crippen molar-refractivity contribution in [2.45, 2.75) is 32.6 Å². The van der Waals surface area contributed by atoms with Gasteiger partial charge in [0.25, 0.3) is 0 Å². The lowest BCUT2D eigenvalue weighted by atomic mass is 9.87. The first-order chi connectivity index (χ1) is 4.83. The lowest BCUT2D eigenvalue weighted by molar-refractivity contribution is 0.452. The Kier molecular flexibility index (Phi) is 2.94. The van der Waals surface area contributed by atoms with Gasteiger partial charge in [-0.2, -0.15) is 0 Å². The summed E-state index contributed by atoms with van der Waals surface area (Å²) in [5, 5.41) is 0.